The van der Waals surface area contributed by atoms with Crippen molar-refractivity contribution in [3.05, 3.63) is 64.2 Å². The second kappa shape index (κ2) is 5.92. The van der Waals surface area contributed by atoms with Crippen LogP contribution in [0, 0.1) is 11.6 Å². The molecule has 0 aromatic heterocycles. The van der Waals surface area contributed by atoms with E-state index in [4.69, 9.17) is 11.6 Å². The summed E-state index contributed by atoms with van der Waals surface area (Å²) < 4.78 is 64.1. The van der Waals surface area contributed by atoms with Gasteiger partial charge in [0.2, 0.25) is 0 Å². The molecule has 0 heterocycles. The second-order valence-corrected chi connectivity index (χ2v) is 4.68. The van der Waals surface area contributed by atoms with Crippen LogP contribution < -0.4 is 5.32 Å². The van der Waals surface area contributed by atoms with Gasteiger partial charge in [-0.3, -0.25) is 4.79 Å². The molecular weight excluding hydrogens is 329 g/mol. The molecule has 2 nitrogen and oxygen atoms in total. The van der Waals surface area contributed by atoms with E-state index in [9.17, 15) is 26.7 Å². The Balaban J connectivity index is 2.32. The number of carbonyl (C=O) groups is 1. The summed E-state index contributed by atoms with van der Waals surface area (Å²) in [5.74, 6) is -3.06. The summed E-state index contributed by atoms with van der Waals surface area (Å²) in [6.45, 7) is 0. The molecule has 116 valence electrons. The first-order valence-corrected chi connectivity index (χ1v) is 6.19. The van der Waals surface area contributed by atoms with E-state index in [1.807, 2.05) is 0 Å². The van der Waals surface area contributed by atoms with E-state index < -0.39 is 34.8 Å². The molecule has 0 unspecified atom stereocenters. The molecule has 2 rings (SSSR count). The Hall–Kier alpha value is -2.15. The van der Waals surface area contributed by atoms with Gasteiger partial charge in [0.1, 0.15) is 11.6 Å². The normalized spacial score (nSPS) is 11.4. The van der Waals surface area contributed by atoms with E-state index in [2.05, 4.69) is 5.32 Å². The van der Waals surface area contributed by atoms with Crippen LogP contribution in [-0.2, 0) is 6.18 Å². The number of alkyl halides is 3. The minimum Gasteiger partial charge on any atom is -0.321 e. The number of rotatable bonds is 2. The largest absolute Gasteiger partial charge is 0.416 e. The fourth-order valence-corrected chi connectivity index (χ4v) is 1.83. The van der Waals surface area contributed by atoms with Crippen LogP contribution >= 0.6 is 11.6 Å². The van der Waals surface area contributed by atoms with E-state index in [-0.39, 0.29) is 10.7 Å². The van der Waals surface area contributed by atoms with Crippen molar-refractivity contribution in [3.63, 3.8) is 0 Å². The predicted octanol–water partition coefficient (Wildman–Crippen LogP) is 4.89. The van der Waals surface area contributed by atoms with Gasteiger partial charge in [0.05, 0.1) is 21.8 Å². The van der Waals surface area contributed by atoms with Gasteiger partial charge in [0.25, 0.3) is 5.91 Å². The van der Waals surface area contributed by atoms with Gasteiger partial charge >= 0.3 is 6.18 Å². The number of anilines is 1. The first-order chi connectivity index (χ1) is 10.2. The lowest BCUT2D eigenvalue weighted by molar-refractivity contribution is -0.137. The zero-order chi connectivity index (χ0) is 16.5. The molecule has 0 radical (unpaired) electrons. The number of hydrogen-bond acceptors (Lipinski definition) is 1. The van der Waals surface area contributed by atoms with E-state index in [1.165, 1.54) is 0 Å². The van der Waals surface area contributed by atoms with Crippen molar-refractivity contribution in [1.82, 2.24) is 0 Å². The van der Waals surface area contributed by atoms with Gasteiger partial charge < -0.3 is 5.32 Å². The van der Waals surface area contributed by atoms with Gasteiger partial charge in [-0.25, -0.2) is 8.78 Å². The summed E-state index contributed by atoms with van der Waals surface area (Å²) in [5.41, 5.74) is -1.87. The average Bonchev–Trinajstić information content (AvgIpc) is 2.39. The fourth-order valence-electron chi connectivity index (χ4n) is 1.66. The molecule has 22 heavy (non-hydrogen) atoms. The maximum Gasteiger partial charge on any atom is 0.416 e. The third kappa shape index (κ3) is 3.54. The number of nitrogens with one attached hydrogen (secondary N) is 1. The minimum absolute atomic E-state index is 0.149. The maximum atomic E-state index is 13.5. The smallest absolute Gasteiger partial charge is 0.321 e. The van der Waals surface area contributed by atoms with Crippen molar-refractivity contribution in [1.29, 1.82) is 0 Å². The Morgan fingerprint density at radius 1 is 1.05 bits per heavy atom. The minimum atomic E-state index is -4.62. The van der Waals surface area contributed by atoms with Gasteiger partial charge in [0, 0.05) is 6.07 Å². The molecule has 1 amide bonds. The molecule has 8 heteroatoms. The van der Waals surface area contributed by atoms with Crippen molar-refractivity contribution in [2.75, 3.05) is 5.32 Å². The summed E-state index contributed by atoms with van der Waals surface area (Å²) in [5, 5.41) is 1.92. The molecule has 0 aliphatic carbocycles. The molecular formula is C14H7ClF5NO. The number of carbonyl (C=O) groups excluding carboxylic acids is 1. The van der Waals surface area contributed by atoms with E-state index in [0.29, 0.717) is 12.1 Å². The quantitative estimate of drug-likeness (QED) is 0.778. The summed E-state index contributed by atoms with van der Waals surface area (Å²) in [4.78, 5) is 11.8. The third-order valence-electron chi connectivity index (χ3n) is 2.72. The van der Waals surface area contributed by atoms with Crippen LogP contribution in [0.3, 0.4) is 0 Å². The highest BCUT2D eigenvalue weighted by Crippen LogP contribution is 2.34. The van der Waals surface area contributed by atoms with Crippen molar-refractivity contribution in [3.8, 4) is 0 Å². The molecule has 2 aromatic carbocycles. The van der Waals surface area contributed by atoms with Crippen molar-refractivity contribution in [2.45, 2.75) is 6.18 Å². The van der Waals surface area contributed by atoms with Crippen LogP contribution in [-0.4, -0.2) is 5.91 Å². The lowest BCUT2D eigenvalue weighted by Crippen LogP contribution is -2.15. The number of halogens is 6. The molecule has 2 aromatic rings. The number of amides is 1. The molecule has 0 atom stereocenters. The van der Waals surface area contributed by atoms with Crippen molar-refractivity contribution < 1.29 is 26.7 Å². The molecule has 1 N–H and O–H groups in total. The fraction of sp³-hybridized carbons (Fsp3) is 0.0714. The van der Waals surface area contributed by atoms with E-state index in [0.717, 1.165) is 24.3 Å². The standard InChI is InChI=1S/C14H7ClF5NO/c15-10-4-1-7(14(18,19)20)5-12(10)21-13(22)9-3-2-8(16)6-11(9)17/h1-6H,(H,21,22). The predicted molar refractivity (Wildman–Crippen MR) is 70.8 cm³/mol. The number of benzene rings is 2. The van der Waals surface area contributed by atoms with Gasteiger partial charge in [0.15, 0.2) is 0 Å². The van der Waals surface area contributed by atoms with Crippen LogP contribution in [0.15, 0.2) is 36.4 Å². The molecule has 0 bridgehead atoms. The first-order valence-electron chi connectivity index (χ1n) is 5.81. The molecule has 0 aliphatic rings. The van der Waals surface area contributed by atoms with Crippen LogP contribution in [0.25, 0.3) is 0 Å². The molecule has 0 fully saturated rings. The van der Waals surface area contributed by atoms with Crippen molar-refractivity contribution in [2.24, 2.45) is 0 Å². The van der Waals surface area contributed by atoms with E-state index in [1.54, 1.807) is 0 Å². The van der Waals surface area contributed by atoms with Gasteiger partial charge in [-0.1, -0.05) is 11.6 Å². The van der Waals surface area contributed by atoms with Gasteiger partial charge in [-0.15, -0.1) is 0 Å². The summed E-state index contributed by atoms with van der Waals surface area (Å²) >= 11 is 5.71. The number of hydrogen-bond donors (Lipinski definition) is 1. The zero-order valence-corrected chi connectivity index (χ0v) is 11.4. The highest BCUT2D eigenvalue weighted by molar-refractivity contribution is 6.34. The highest BCUT2D eigenvalue weighted by Gasteiger charge is 2.31. The Bertz CT molecular complexity index is 730. The van der Waals surface area contributed by atoms with Crippen molar-refractivity contribution >= 4 is 23.2 Å². The maximum absolute atomic E-state index is 13.5. The average molecular weight is 336 g/mol. The Morgan fingerprint density at radius 2 is 1.73 bits per heavy atom. The molecule has 0 spiro atoms. The topological polar surface area (TPSA) is 29.1 Å². The molecule has 0 saturated carbocycles. The third-order valence-corrected chi connectivity index (χ3v) is 3.05. The molecule has 0 saturated heterocycles. The Kier molecular flexibility index (Phi) is 4.37. The summed E-state index contributed by atoms with van der Waals surface area (Å²) in [7, 11) is 0. The van der Waals surface area contributed by atoms with Crippen LogP contribution in [0.1, 0.15) is 15.9 Å². The van der Waals surface area contributed by atoms with Gasteiger partial charge in [-0.05, 0) is 30.3 Å². The van der Waals surface area contributed by atoms with E-state index >= 15 is 0 Å². The monoisotopic (exact) mass is 335 g/mol. The lowest BCUT2D eigenvalue weighted by atomic mass is 10.1. The van der Waals surface area contributed by atoms with Crippen LogP contribution in [0.2, 0.25) is 5.02 Å². The SMILES string of the molecule is O=C(Nc1cc(C(F)(F)F)ccc1Cl)c1ccc(F)cc1F. The second-order valence-electron chi connectivity index (χ2n) is 4.27. The Labute approximate surface area is 126 Å². The lowest BCUT2D eigenvalue weighted by Gasteiger charge is -2.12. The summed E-state index contributed by atoms with van der Waals surface area (Å²) in [6, 6.07) is 4.55. The summed E-state index contributed by atoms with van der Waals surface area (Å²) in [6.07, 6.45) is -4.62. The van der Waals surface area contributed by atoms with Gasteiger partial charge in [-0.2, -0.15) is 13.2 Å². The molecule has 0 aliphatic heterocycles. The zero-order valence-electron chi connectivity index (χ0n) is 10.6. The Morgan fingerprint density at radius 3 is 2.32 bits per heavy atom. The highest BCUT2D eigenvalue weighted by atomic mass is 35.5. The first kappa shape index (κ1) is 16.2. The van der Waals surface area contributed by atoms with Crippen LogP contribution in [0.5, 0.6) is 0 Å². The van der Waals surface area contributed by atoms with Crippen LogP contribution in [0.4, 0.5) is 27.6 Å².